The molecule has 0 spiro atoms. The Bertz CT molecular complexity index is 1010. The third-order valence-electron chi connectivity index (χ3n) is 6.46. The molecule has 2 aromatic carbocycles. The molecule has 1 fully saturated rings. The minimum atomic E-state index is -1.01. The van der Waals surface area contributed by atoms with Crippen LogP contribution >= 0.6 is 11.8 Å². The van der Waals surface area contributed by atoms with Gasteiger partial charge >= 0.3 is 12.1 Å². The zero-order valence-electron chi connectivity index (χ0n) is 19.2. The van der Waals surface area contributed by atoms with Crippen LogP contribution in [0.5, 0.6) is 0 Å². The number of ether oxygens (including phenoxy) is 1. The Balaban J connectivity index is 1.39. The van der Waals surface area contributed by atoms with Gasteiger partial charge in [-0.1, -0.05) is 48.5 Å². The first kappa shape index (κ1) is 24.1. The van der Waals surface area contributed by atoms with Crippen LogP contribution in [0.25, 0.3) is 11.1 Å². The number of likely N-dealkylation sites (N-methyl/N-ethyl adjacent to an activating group) is 1. The van der Waals surface area contributed by atoms with Crippen LogP contribution in [0.1, 0.15) is 42.7 Å². The molecule has 1 heterocycles. The maximum absolute atomic E-state index is 13.0. The van der Waals surface area contributed by atoms with Crippen LogP contribution in [0.2, 0.25) is 0 Å². The van der Waals surface area contributed by atoms with E-state index in [-0.39, 0.29) is 31.3 Å². The smallest absolute Gasteiger partial charge is 0.407 e. The number of amides is 2. The summed E-state index contributed by atoms with van der Waals surface area (Å²) < 4.78 is 5.57. The summed E-state index contributed by atoms with van der Waals surface area (Å²) in [4.78, 5) is 38.4. The molecule has 34 heavy (non-hydrogen) atoms. The summed E-state index contributed by atoms with van der Waals surface area (Å²) in [7, 11) is 1.70. The molecule has 1 aliphatic carbocycles. The lowest BCUT2D eigenvalue weighted by molar-refractivity contribution is -0.137. The molecule has 0 aromatic heterocycles. The molecule has 7 nitrogen and oxygen atoms in total. The number of benzene rings is 2. The molecule has 1 saturated heterocycles. The van der Waals surface area contributed by atoms with Crippen molar-refractivity contribution in [3.63, 3.8) is 0 Å². The number of nitrogens with one attached hydrogen (secondary N) is 1. The van der Waals surface area contributed by atoms with Gasteiger partial charge in [-0.25, -0.2) is 4.79 Å². The average molecular weight is 483 g/mol. The first-order valence-electron chi connectivity index (χ1n) is 11.6. The van der Waals surface area contributed by atoms with Crippen molar-refractivity contribution in [1.82, 2.24) is 10.2 Å². The number of alkyl carbamates (subject to hydrolysis) is 1. The molecule has 2 N–H and O–H groups in total. The van der Waals surface area contributed by atoms with Gasteiger partial charge in [-0.05, 0) is 47.3 Å². The Hall–Kier alpha value is -3.00. The van der Waals surface area contributed by atoms with Gasteiger partial charge in [-0.3, -0.25) is 9.59 Å². The number of hydrogen-bond acceptors (Lipinski definition) is 5. The SMILES string of the molecule is CN(CC1CCCS1)C(=O)C(CCC(=O)O)NC(=O)OCC1c2ccccc2-c2ccccc21. The van der Waals surface area contributed by atoms with E-state index in [1.807, 2.05) is 48.2 Å². The van der Waals surface area contributed by atoms with Crippen molar-refractivity contribution in [3.05, 3.63) is 59.7 Å². The zero-order valence-corrected chi connectivity index (χ0v) is 20.1. The topological polar surface area (TPSA) is 95.9 Å². The van der Waals surface area contributed by atoms with Gasteiger partial charge in [0.15, 0.2) is 0 Å². The summed E-state index contributed by atoms with van der Waals surface area (Å²) in [6, 6.07) is 15.2. The minimum absolute atomic E-state index is 0.0144. The minimum Gasteiger partial charge on any atom is -0.481 e. The second-order valence-electron chi connectivity index (χ2n) is 8.81. The quantitative estimate of drug-likeness (QED) is 0.558. The summed E-state index contributed by atoms with van der Waals surface area (Å²) in [5, 5.41) is 12.1. The van der Waals surface area contributed by atoms with Crippen molar-refractivity contribution in [2.45, 2.75) is 42.9 Å². The molecule has 0 bridgehead atoms. The summed E-state index contributed by atoms with van der Waals surface area (Å²) in [5.74, 6) is -0.301. The van der Waals surface area contributed by atoms with Crippen molar-refractivity contribution in [2.24, 2.45) is 0 Å². The first-order valence-corrected chi connectivity index (χ1v) is 12.7. The van der Waals surface area contributed by atoms with E-state index < -0.39 is 18.1 Å². The third kappa shape index (κ3) is 5.55. The first-order chi connectivity index (χ1) is 16.4. The second-order valence-corrected chi connectivity index (χ2v) is 10.2. The molecular weight excluding hydrogens is 452 g/mol. The fourth-order valence-corrected chi connectivity index (χ4v) is 6.09. The monoisotopic (exact) mass is 482 g/mol. The van der Waals surface area contributed by atoms with Crippen molar-refractivity contribution >= 4 is 29.7 Å². The lowest BCUT2D eigenvalue weighted by Crippen LogP contribution is -2.49. The van der Waals surface area contributed by atoms with E-state index in [0.717, 1.165) is 40.8 Å². The lowest BCUT2D eigenvalue weighted by Gasteiger charge is -2.26. The highest BCUT2D eigenvalue weighted by atomic mass is 32.2. The van der Waals surface area contributed by atoms with E-state index in [0.29, 0.717) is 11.8 Å². The molecular formula is C26H30N2O5S. The number of fused-ring (bicyclic) bond motifs is 3. The largest absolute Gasteiger partial charge is 0.481 e. The van der Waals surface area contributed by atoms with E-state index in [1.54, 1.807) is 11.9 Å². The number of rotatable bonds is 9. The van der Waals surface area contributed by atoms with E-state index in [4.69, 9.17) is 9.84 Å². The molecule has 2 unspecified atom stereocenters. The Morgan fingerprint density at radius 3 is 2.35 bits per heavy atom. The fourth-order valence-electron chi connectivity index (χ4n) is 4.76. The van der Waals surface area contributed by atoms with Crippen molar-refractivity contribution in [3.8, 4) is 11.1 Å². The molecule has 2 atom stereocenters. The molecule has 0 radical (unpaired) electrons. The maximum Gasteiger partial charge on any atom is 0.407 e. The van der Waals surface area contributed by atoms with Gasteiger partial charge < -0.3 is 20.1 Å². The second kappa shape index (κ2) is 11.0. The Kier molecular flexibility index (Phi) is 7.77. The Morgan fingerprint density at radius 1 is 1.12 bits per heavy atom. The third-order valence-corrected chi connectivity index (χ3v) is 7.84. The van der Waals surface area contributed by atoms with E-state index in [1.165, 1.54) is 0 Å². The van der Waals surface area contributed by atoms with Crippen LogP contribution in [0.3, 0.4) is 0 Å². The number of aliphatic carboxylic acids is 1. The molecule has 2 amide bonds. The number of hydrogen-bond donors (Lipinski definition) is 2. The van der Waals surface area contributed by atoms with Gasteiger partial charge in [-0.15, -0.1) is 0 Å². The Morgan fingerprint density at radius 2 is 1.76 bits per heavy atom. The van der Waals surface area contributed by atoms with E-state index in [9.17, 15) is 14.4 Å². The summed E-state index contributed by atoms with van der Waals surface area (Å²) in [6.07, 6.45) is 1.28. The lowest BCUT2D eigenvalue weighted by atomic mass is 9.98. The molecule has 180 valence electrons. The zero-order chi connectivity index (χ0) is 24.1. The molecule has 0 saturated carbocycles. The Labute approximate surface area is 203 Å². The molecule has 8 heteroatoms. The van der Waals surface area contributed by atoms with Crippen LogP contribution in [0, 0.1) is 0 Å². The molecule has 4 rings (SSSR count). The van der Waals surface area contributed by atoms with Gasteiger partial charge in [0.1, 0.15) is 12.6 Å². The number of carbonyl (C=O) groups is 3. The van der Waals surface area contributed by atoms with Gasteiger partial charge in [-0.2, -0.15) is 11.8 Å². The van der Waals surface area contributed by atoms with Crippen LogP contribution in [0.15, 0.2) is 48.5 Å². The van der Waals surface area contributed by atoms with Crippen LogP contribution in [0.4, 0.5) is 4.79 Å². The fraction of sp³-hybridized carbons (Fsp3) is 0.423. The highest BCUT2D eigenvalue weighted by molar-refractivity contribution is 8.00. The van der Waals surface area contributed by atoms with E-state index >= 15 is 0 Å². The van der Waals surface area contributed by atoms with Gasteiger partial charge in [0.05, 0.1) is 0 Å². The van der Waals surface area contributed by atoms with Crippen LogP contribution in [-0.4, -0.2) is 65.2 Å². The van der Waals surface area contributed by atoms with Gasteiger partial charge in [0, 0.05) is 31.2 Å². The van der Waals surface area contributed by atoms with E-state index in [2.05, 4.69) is 17.4 Å². The maximum atomic E-state index is 13.0. The van der Waals surface area contributed by atoms with Crippen molar-refractivity contribution in [2.75, 3.05) is 26.0 Å². The molecule has 1 aliphatic heterocycles. The normalized spacial score (nSPS) is 17.5. The van der Waals surface area contributed by atoms with Gasteiger partial charge in [0.25, 0.3) is 0 Å². The van der Waals surface area contributed by atoms with Crippen LogP contribution in [-0.2, 0) is 14.3 Å². The average Bonchev–Trinajstić information content (AvgIpc) is 3.46. The molecule has 2 aliphatic rings. The van der Waals surface area contributed by atoms with Gasteiger partial charge in [0.2, 0.25) is 5.91 Å². The van der Waals surface area contributed by atoms with Crippen LogP contribution < -0.4 is 5.32 Å². The number of carbonyl (C=O) groups excluding carboxylic acids is 2. The predicted molar refractivity (Wildman–Crippen MR) is 132 cm³/mol. The van der Waals surface area contributed by atoms with Crippen molar-refractivity contribution in [1.29, 1.82) is 0 Å². The highest BCUT2D eigenvalue weighted by Crippen LogP contribution is 2.44. The number of carboxylic acid groups (broad SMARTS) is 1. The summed E-state index contributed by atoms with van der Waals surface area (Å²) in [5.41, 5.74) is 4.47. The summed E-state index contributed by atoms with van der Waals surface area (Å²) >= 11 is 1.84. The number of thioether (sulfide) groups is 1. The standard InChI is InChI=1S/C26H30N2O5S/c1-28(15-17-7-6-14-34-17)25(31)23(12-13-24(29)30)27-26(32)33-16-22-20-10-4-2-8-18(20)19-9-3-5-11-21(19)22/h2-5,8-11,17,22-23H,6-7,12-16H2,1H3,(H,27,32)(H,29,30). The number of nitrogens with zero attached hydrogens (tertiary/aromatic N) is 1. The summed E-state index contributed by atoms with van der Waals surface area (Å²) in [6.45, 7) is 0.716. The predicted octanol–water partition coefficient (Wildman–Crippen LogP) is 4.11. The van der Waals surface area contributed by atoms with Crippen molar-refractivity contribution < 1.29 is 24.2 Å². The highest BCUT2D eigenvalue weighted by Gasteiger charge is 2.31. The molecule has 2 aromatic rings. The number of carboxylic acids is 1.